The molecule has 0 unspecified atom stereocenters. The number of methoxy groups -OCH3 is 1. The number of nitrogens with one attached hydrogen (secondary N) is 2. The fourth-order valence-corrected chi connectivity index (χ4v) is 5.82. The second kappa shape index (κ2) is 11.0. The molecule has 0 saturated heterocycles. The average Bonchev–Trinajstić information content (AvgIpc) is 2.80. The Morgan fingerprint density at radius 2 is 1.18 bits per heavy atom. The number of sulfonamides is 2. The highest BCUT2D eigenvalue weighted by atomic mass is 35.5. The van der Waals surface area contributed by atoms with E-state index >= 15 is 0 Å². The first-order valence-electron chi connectivity index (χ1n) is 9.48. The molecule has 3 aromatic rings. The Bertz CT molecular complexity index is 1430. The van der Waals surface area contributed by atoms with E-state index in [1.807, 2.05) is 0 Å². The van der Waals surface area contributed by atoms with Crippen LogP contribution in [0.1, 0.15) is 11.1 Å². The van der Waals surface area contributed by atoms with Crippen molar-refractivity contribution < 1.29 is 21.6 Å². The molecular weight excluding hydrogens is 566 g/mol. The van der Waals surface area contributed by atoms with Crippen molar-refractivity contribution in [3.8, 4) is 5.75 Å². The maximum atomic E-state index is 13.0. The van der Waals surface area contributed by atoms with E-state index in [-0.39, 0.29) is 38.7 Å². The van der Waals surface area contributed by atoms with Crippen molar-refractivity contribution in [3.63, 3.8) is 0 Å². The Hall–Kier alpha value is -1.56. The minimum absolute atomic E-state index is 0.0231. The van der Waals surface area contributed by atoms with E-state index in [0.29, 0.717) is 21.2 Å². The highest BCUT2D eigenvalue weighted by Crippen LogP contribution is 2.28. The van der Waals surface area contributed by atoms with Gasteiger partial charge < -0.3 is 4.74 Å². The van der Waals surface area contributed by atoms with E-state index in [2.05, 4.69) is 9.44 Å². The zero-order chi connectivity index (χ0) is 25.1. The minimum atomic E-state index is -4.16. The molecule has 0 heterocycles. The van der Waals surface area contributed by atoms with E-state index < -0.39 is 20.0 Å². The van der Waals surface area contributed by atoms with E-state index in [1.165, 1.54) is 31.4 Å². The van der Waals surface area contributed by atoms with Gasteiger partial charge in [-0.2, -0.15) is 0 Å². The van der Waals surface area contributed by atoms with Crippen LogP contribution >= 0.6 is 46.4 Å². The number of hydrogen-bond acceptors (Lipinski definition) is 5. The van der Waals surface area contributed by atoms with Crippen LogP contribution in [0.2, 0.25) is 20.1 Å². The van der Waals surface area contributed by atoms with Crippen molar-refractivity contribution in [1.82, 2.24) is 9.44 Å². The molecule has 2 N–H and O–H groups in total. The molecule has 0 bridgehead atoms. The maximum Gasteiger partial charge on any atom is 0.244 e. The molecule has 3 rings (SSSR count). The zero-order valence-electron chi connectivity index (χ0n) is 17.5. The molecule has 0 aliphatic rings. The minimum Gasteiger partial charge on any atom is -0.495 e. The largest absolute Gasteiger partial charge is 0.495 e. The summed E-state index contributed by atoms with van der Waals surface area (Å²) in [5, 5.41) is 1.23. The van der Waals surface area contributed by atoms with Crippen LogP contribution in [0.5, 0.6) is 5.75 Å². The van der Waals surface area contributed by atoms with Gasteiger partial charge in [-0.1, -0.05) is 58.5 Å². The topological polar surface area (TPSA) is 102 Å². The normalized spacial score (nSPS) is 12.0. The van der Waals surface area contributed by atoms with Crippen molar-refractivity contribution in [2.45, 2.75) is 22.9 Å². The molecule has 0 saturated carbocycles. The lowest BCUT2D eigenvalue weighted by Crippen LogP contribution is -2.26. The van der Waals surface area contributed by atoms with Crippen LogP contribution in [0.25, 0.3) is 0 Å². The summed E-state index contributed by atoms with van der Waals surface area (Å²) in [7, 11) is -6.95. The molecule has 13 heteroatoms. The zero-order valence-corrected chi connectivity index (χ0v) is 22.1. The summed E-state index contributed by atoms with van der Waals surface area (Å²) < 4.78 is 61.6. The second-order valence-electron chi connectivity index (χ2n) is 6.96. The predicted molar refractivity (Wildman–Crippen MR) is 134 cm³/mol. The van der Waals surface area contributed by atoms with Gasteiger partial charge in [-0.15, -0.1) is 0 Å². The highest BCUT2D eigenvalue weighted by Gasteiger charge is 2.24. The summed E-state index contributed by atoms with van der Waals surface area (Å²) in [6.07, 6.45) is 0. The summed E-state index contributed by atoms with van der Waals surface area (Å²) in [5.74, 6) is -0.0231. The lowest BCUT2D eigenvalue weighted by Gasteiger charge is -2.14. The number of halogens is 4. The predicted octanol–water partition coefficient (Wildman–Crippen LogP) is 5.27. The van der Waals surface area contributed by atoms with E-state index in [9.17, 15) is 16.8 Å². The van der Waals surface area contributed by atoms with Crippen LogP contribution in [-0.4, -0.2) is 23.9 Å². The lowest BCUT2D eigenvalue weighted by atomic mass is 10.2. The van der Waals surface area contributed by atoms with E-state index in [1.54, 1.807) is 24.3 Å². The third kappa shape index (κ3) is 6.56. The van der Waals surface area contributed by atoms with Crippen molar-refractivity contribution >= 4 is 66.5 Å². The monoisotopic (exact) mass is 582 g/mol. The molecular formula is C21H18Cl4N2O5S2. The molecule has 0 fully saturated rings. The summed E-state index contributed by atoms with van der Waals surface area (Å²) in [4.78, 5) is -0.601. The summed E-state index contributed by atoms with van der Waals surface area (Å²) in [5.41, 5.74) is 1.13. The maximum absolute atomic E-state index is 13.0. The van der Waals surface area contributed by atoms with Gasteiger partial charge in [0.1, 0.15) is 10.6 Å². The van der Waals surface area contributed by atoms with Crippen LogP contribution in [0.4, 0.5) is 0 Å². The van der Waals surface area contributed by atoms with E-state index in [4.69, 9.17) is 51.1 Å². The summed E-state index contributed by atoms with van der Waals surface area (Å²) in [6.45, 7) is -0.183. The Balaban J connectivity index is 1.84. The van der Waals surface area contributed by atoms with Gasteiger partial charge in [-0.3, -0.25) is 0 Å². The molecule has 3 aromatic carbocycles. The molecule has 7 nitrogen and oxygen atoms in total. The Morgan fingerprint density at radius 1 is 0.676 bits per heavy atom. The van der Waals surface area contributed by atoms with Crippen molar-refractivity contribution in [2.24, 2.45) is 0 Å². The number of benzene rings is 3. The van der Waals surface area contributed by atoms with Gasteiger partial charge in [-0.05, 0) is 53.6 Å². The van der Waals surface area contributed by atoms with Gasteiger partial charge in [-0.25, -0.2) is 26.3 Å². The smallest absolute Gasteiger partial charge is 0.244 e. The molecule has 0 aliphatic heterocycles. The Morgan fingerprint density at radius 3 is 1.65 bits per heavy atom. The van der Waals surface area contributed by atoms with Crippen molar-refractivity contribution in [1.29, 1.82) is 0 Å². The average molecular weight is 584 g/mol. The second-order valence-corrected chi connectivity index (χ2v) is 12.1. The van der Waals surface area contributed by atoms with Crippen LogP contribution < -0.4 is 14.2 Å². The van der Waals surface area contributed by atoms with Crippen LogP contribution in [0.3, 0.4) is 0 Å². The molecule has 182 valence electrons. The van der Waals surface area contributed by atoms with Gasteiger partial charge in [0.25, 0.3) is 0 Å². The first-order chi connectivity index (χ1) is 15.9. The van der Waals surface area contributed by atoms with Crippen LogP contribution in [0, 0.1) is 0 Å². The third-order valence-electron chi connectivity index (χ3n) is 4.64. The first-order valence-corrected chi connectivity index (χ1v) is 14.0. The number of hydrogen-bond donors (Lipinski definition) is 2. The number of ether oxygens (including phenoxy) is 1. The van der Waals surface area contributed by atoms with Crippen molar-refractivity contribution in [2.75, 3.05) is 7.11 Å². The molecule has 0 radical (unpaired) electrons. The number of rotatable bonds is 9. The van der Waals surface area contributed by atoms with E-state index in [0.717, 1.165) is 6.07 Å². The summed E-state index contributed by atoms with van der Waals surface area (Å²) in [6, 6.07) is 12.9. The van der Waals surface area contributed by atoms with Crippen LogP contribution in [-0.2, 0) is 33.1 Å². The van der Waals surface area contributed by atoms with Crippen LogP contribution in [0.15, 0.2) is 64.4 Å². The first kappa shape index (κ1) is 27.0. The molecule has 0 spiro atoms. The lowest BCUT2D eigenvalue weighted by molar-refractivity contribution is 0.401. The Kier molecular flexibility index (Phi) is 8.75. The molecule has 34 heavy (non-hydrogen) atoms. The van der Waals surface area contributed by atoms with Gasteiger partial charge in [0.05, 0.1) is 32.1 Å². The molecule has 0 atom stereocenters. The third-order valence-corrected chi connectivity index (χ3v) is 8.93. The van der Waals surface area contributed by atoms with Gasteiger partial charge in [0.15, 0.2) is 0 Å². The summed E-state index contributed by atoms with van der Waals surface area (Å²) >= 11 is 23.7. The van der Waals surface area contributed by atoms with Gasteiger partial charge in [0, 0.05) is 13.1 Å². The molecule has 0 amide bonds. The fraction of sp³-hybridized carbons (Fsp3) is 0.143. The fourth-order valence-electron chi connectivity index (χ4n) is 2.85. The standard InChI is InChI=1S/C21H18Cl4N2O5S2/c1-32-20-7-4-15(33(28,29)26-11-13-2-5-16(22)18(24)8-13)10-21(20)34(30,31)27-12-14-3-6-17(23)19(25)9-14/h2-10,26-27H,11-12H2,1H3. The quantitative estimate of drug-likeness (QED) is 0.357. The van der Waals surface area contributed by atoms with Crippen molar-refractivity contribution in [3.05, 3.63) is 85.8 Å². The van der Waals surface area contributed by atoms with Gasteiger partial charge in [0.2, 0.25) is 20.0 Å². The molecule has 0 aliphatic carbocycles. The SMILES string of the molecule is COc1ccc(S(=O)(=O)NCc2ccc(Cl)c(Cl)c2)cc1S(=O)(=O)NCc1ccc(Cl)c(Cl)c1. The molecule has 0 aromatic heterocycles. The van der Waals surface area contributed by atoms with Gasteiger partial charge >= 0.3 is 0 Å². The highest BCUT2D eigenvalue weighted by molar-refractivity contribution is 7.90. The Labute approximate surface area is 218 Å².